The number of halogens is 3. The van der Waals surface area contributed by atoms with Gasteiger partial charge in [-0.1, -0.05) is 17.3 Å². The van der Waals surface area contributed by atoms with E-state index in [1.54, 1.807) is 31.4 Å². The number of amides is 1. The number of hydrogen-bond donors (Lipinski definition) is 1. The van der Waals surface area contributed by atoms with Crippen molar-refractivity contribution >= 4 is 11.6 Å². The van der Waals surface area contributed by atoms with Gasteiger partial charge in [0.2, 0.25) is 5.91 Å². The molecule has 0 aliphatic rings. The Hall–Kier alpha value is -3.49. The van der Waals surface area contributed by atoms with Crippen LogP contribution in [0.3, 0.4) is 0 Å². The summed E-state index contributed by atoms with van der Waals surface area (Å²) in [6.07, 6.45) is -4.83. The summed E-state index contributed by atoms with van der Waals surface area (Å²) in [5, 5.41) is 6.43. The van der Waals surface area contributed by atoms with Gasteiger partial charge in [0, 0.05) is 17.3 Å². The van der Waals surface area contributed by atoms with E-state index in [4.69, 9.17) is 9.26 Å². The molecule has 3 rings (SSSR count). The van der Waals surface area contributed by atoms with Gasteiger partial charge in [-0.3, -0.25) is 4.79 Å². The zero-order chi connectivity index (χ0) is 20.1. The van der Waals surface area contributed by atoms with Gasteiger partial charge in [-0.05, 0) is 36.4 Å². The Bertz CT molecular complexity index is 952. The van der Waals surface area contributed by atoms with Crippen molar-refractivity contribution in [2.75, 3.05) is 12.4 Å². The maximum Gasteiger partial charge on any atom is 0.573 e. The van der Waals surface area contributed by atoms with Gasteiger partial charge in [-0.2, -0.15) is 0 Å². The Morgan fingerprint density at radius 1 is 1.11 bits per heavy atom. The summed E-state index contributed by atoms with van der Waals surface area (Å²) in [7, 11) is 1.55. The van der Waals surface area contributed by atoms with Crippen molar-refractivity contribution in [2.24, 2.45) is 0 Å². The standard InChI is InChI=1S/C19H15F3N2O4/c1-26-16-4-2-3-12(9-16)17-10-14(24-28-17)11-18(25)23-13-5-7-15(8-6-13)27-19(20,21)22/h2-10H,11H2,1H3,(H,23,25). The van der Waals surface area contributed by atoms with E-state index in [-0.39, 0.29) is 12.2 Å². The first-order valence-electron chi connectivity index (χ1n) is 8.08. The largest absolute Gasteiger partial charge is 0.573 e. The highest BCUT2D eigenvalue weighted by molar-refractivity contribution is 5.92. The van der Waals surface area contributed by atoms with Gasteiger partial charge in [0.15, 0.2) is 5.76 Å². The van der Waals surface area contributed by atoms with Gasteiger partial charge in [-0.25, -0.2) is 0 Å². The van der Waals surface area contributed by atoms with Gasteiger partial charge in [-0.15, -0.1) is 13.2 Å². The Kier molecular flexibility index (Phi) is 5.53. The van der Waals surface area contributed by atoms with Crippen molar-refractivity contribution in [3.8, 4) is 22.8 Å². The third kappa shape index (κ3) is 5.26. The van der Waals surface area contributed by atoms with Crippen LogP contribution >= 0.6 is 0 Å². The highest BCUT2D eigenvalue weighted by atomic mass is 19.4. The SMILES string of the molecule is COc1cccc(-c2cc(CC(=O)Nc3ccc(OC(F)(F)F)cc3)no2)c1. The molecule has 0 fully saturated rings. The van der Waals surface area contributed by atoms with E-state index < -0.39 is 12.3 Å². The lowest BCUT2D eigenvalue weighted by Crippen LogP contribution is -2.17. The topological polar surface area (TPSA) is 73.6 Å². The quantitative estimate of drug-likeness (QED) is 0.672. The number of nitrogens with one attached hydrogen (secondary N) is 1. The second-order valence-electron chi connectivity index (χ2n) is 5.71. The minimum absolute atomic E-state index is 0.0612. The summed E-state index contributed by atoms with van der Waals surface area (Å²) in [6.45, 7) is 0. The summed E-state index contributed by atoms with van der Waals surface area (Å²) in [5.41, 5.74) is 1.49. The zero-order valence-electron chi connectivity index (χ0n) is 14.6. The Morgan fingerprint density at radius 2 is 1.86 bits per heavy atom. The fourth-order valence-electron chi connectivity index (χ4n) is 2.42. The van der Waals surface area contributed by atoms with Crippen LogP contribution in [0.25, 0.3) is 11.3 Å². The van der Waals surface area contributed by atoms with E-state index >= 15 is 0 Å². The monoisotopic (exact) mass is 392 g/mol. The number of methoxy groups -OCH3 is 1. The third-order valence-electron chi connectivity index (χ3n) is 3.63. The zero-order valence-corrected chi connectivity index (χ0v) is 14.6. The molecular weight excluding hydrogens is 377 g/mol. The fraction of sp³-hybridized carbons (Fsp3) is 0.158. The van der Waals surface area contributed by atoms with Crippen molar-refractivity contribution in [1.82, 2.24) is 5.16 Å². The van der Waals surface area contributed by atoms with Crippen molar-refractivity contribution in [3.63, 3.8) is 0 Å². The molecule has 0 saturated heterocycles. The van der Waals surface area contributed by atoms with Crippen molar-refractivity contribution in [3.05, 3.63) is 60.3 Å². The molecule has 1 heterocycles. The molecule has 146 valence electrons. The summed E-state index contributed by atoms with van der Waals surface area (Å²) >= 11 is 0. The molecule has 1 aromatic heterocycles. The van der Waals surface area contributed by atoms with Crippen molar-refractivity contribution in [1.29, 1.82) is 0 Å². The van der Waals surface area contributed by atoms with Crippen LogP contribution < -0.4 is 14.8 Å². The van der Waals surface area contributed by atoms with E-state index in [0.717, 1.165) is 17.7 Å². The molecule has 0 spiro atoms. The molecule has 28 heavy (non-hydrogen) atoms. The summed E-state index contributed by atoms with van der Waals surface area (Å²) < 4.78 is 50.6. The van der Waals surface area contributed by atoms with E-state index in [2.05, 4.69) is 15.2 Å². The molecule has 0 aliphatic heterocycles. The van der Waals surface area contributed by atoms with Gasteiger partial charge in [0.1, 0.15) is 11.5 Å². The summed E-state index contributed by atoms with van der Waals surface area (Å²) in [5.74, 6) is 0.376. The lowest BCUT2D eigenvalue weighted by atomic mass is 10.1. The fourth-order valence-corrected chi connectivity index (χ4v) is 2.42. The summed E-state index contributed by atoms with van der Waals surface area (Å²) in [6, 6.07) is 13.7. The van der Waals surface area contributed by atoms with Gasteiger partial charge < -0.3 is 19.3 Å². The number of alkyl halides is 3. The van der Waals surface area contributed by atoms with Crippen LogP contribution in [0.15, 0.2) is 59.1 Å². The third-order valence-corrected chi connectivity index (χ3v) is 3.63. The number of ether oxygens (including phenoxy) is 2. The molecular formula is C19H15F3N2O4. The molecule has 0 saturated carbocycles. The smallest absolute Gasteiger partial charge is 0.497 e. The second kappa shape index (κ2) is 8.03. The number of anilines is 1. The number of aromatic nitrogens is 1. The van der Waals surface area contributed by atoms with Gasteiger partial charge in [0.25, 0.3) is 0 Å². The number of carbonyl (C=O) groups is 1. The van der Waals surface area contributed by atoms with Crippen LogP contribution in [-0.2, 0) is 11.2 Å². The van der Waals surface area contributed by atoms with Crippen molar-refractivity contribution < 1.29 is 32.0 Å². The molecule has 9 heteroatoms. The first-order chi connectivity index (χ1) is 13.3. The van der Waals surface area contributed by atoms with Crippen LogP contribution in [-0.4, -0.2) is 24.5 Å². The molecule has 0 unspecified atom stereocenters. The lowest BCUT2D eigenvalue weighted by molar-refractivity contribution is -0.274. The highest BCUT2D eigenvalue weighted by Gasteiger charge is 2.30. The molecule has 1 N–H and O–H groups in total. The maximum absolute atomic E-state index is 12.1. The average Bonchev–Trinajstić information content (AvgIpc) is 3.10. The number of carbonyl (C=O) groups excluding carboxylic acids is 1. The Labute approximate surface area is 157 Å². The maximum atomic E-state index is 12.1. The predicted molar refractivity (Wildman–Crippen MR) is 93.9 cm³/mol. The van der Waals surface area contributed by atoms with Crippen LogP contribution in [0.4, 0.5) is 18.9 Å². The highest BCUT2D eigenvalue weighted by Crippen LogP contribution is 2.25. The van der Waals surface area contributed by atoms with Gasteiger partial charge >= 0.3 is 6.36 Å². The molecule has 0 bridgehead atoms. The van der Waals surface area contributed by atoms with Crippen LogP contribution in [0.2, 0.25) is 0 Å². The van der Waals surface area contributed by atoms with Crippen LogP contribution in [0.1, 0.15) is 5.69 Å². The van der Waals surface area contributed by atoms with Gasteiger partial charge in [0.05, 0.1) is 19.2 Å². The molecule has 0 aliphatic carbocycles. The van der Waals surface area contributed by atoms with E-state index in [9.17, 15) is 18.0 Å². The summed E-state index contributed by atoms with van der Waals surface area (Å²) in [4.78, 5) is 12.1. The molecule has 2 aromatic carbocycles. The average molecular weight is 392 g/mol. The second-order valence-corrected chi connectivity index (χ2v) is 5.71. The first-order valence-corrected chi connectivity index (χ1v) is 8.08. The van der Waals surface area contributed by atoms with Crippen LogP contribution in [0.5, 0.6) is 11.5 Å². The number of rotatable bonds is 6. The minimum atomic E-state index is -4.77. The molecule has 3 aromatic rings. The molecule has 6 nitrogen and oxygen atoms in total. The van der Waals surface area contributed by atoms with Crippen LogP contribution in [0, 0.1) is 0 Å². The Morgan fingerprint density at radius 3 is 2.54 bits per heavy atom. The molecule has 1 amide bonds. The van der Waals surface area contributed by atoms with E-state index in [1.807, 2.05) is 6.07 Å². The molecule has 0 atom stereocenters. The number of hydrogen-bond acceptors (Lipinski definition) is 5. The Balaban J connectivity index is 1.60. The minimum Gasteiger partial charge on any atom is -0.497 e. The molecule has 0 radical (unpaired) electrons. The normalized spacial score (nSPS) is 11.1. The predicted octanol–water partition coefficient (Wildman–Crippen LogP) is 4.43. The van der Waals surface area contributed by atoms with Crippen molar-refractivity contribution in [2.45, 2.75) is 12.8 Å². The lowest BCUT2D eigenvalue weighted by Gasteiger charge is -2.09. The van der Waals surface area contributed by atoms with E-state index in [1.165, 1.54) is 12.1 Å². The number of nitrogens with zero attached hydrogens (tertiary/aromatic N) is 1. The van der Waals surface area contributed by atoms with E-state index in [0.29, 0.717) is 22.9 Å². The first kappa shape index (κ1) is 19.3. The number of benzene rings is 2.